The number of carbonyl (C=O) groups is 2. The molecule has 1 aromatic carbocycles. The molecule has 1 aromatic heterocycles. The molecule has 2 aromatic rings. The lowest BCUT2D eigenvalue weighted by molar-refractivity contribution is -0.119. The fourth-order valence-electron chi connectivity index (χ4n) is 3.60. The molecule has 0 radical (unpaired) electrons. The number of hydrogen-bond donors (Lipinski definition) is 1. The number of aromatic amines is 1. The van der Waals surface area contributed by atoms with E-state index in [1.54, 1.807) is 29.1 Å². The Labute approximate surface area is 152 Å². The summed E-state index contributed by atoms with van der Waals surface area (Å²) in [5, 5.41) is 0. The quantitative estimate of drug-likeness (QED) is 0.889. The van der Waals surface area contributed by atoms with E-state index in [2.05, 4.69) is 21.8 Å². The Hall–Kier alpha value is -2.64. The summed E-state index contributed by atoms with van der Waals surface area (Å²) in [6.07, 6.45) is 1.71. The molecule has 2 aliphatic heterocycles. The first-order chi connectivity index (χ1) is 12.6. The number of amides is 2. The van der Waals surface area contributed by atoms with Gasteiger partial charge in [-0.1, -0.05) is 12.1 Å². The van der Waals surface area contributed by atoms with Crippen LogP contribution in [0.25, 0.3) is 0 Å². The second-order valence-corrected chi connectivity index (χ2v) is 6.90. The first-order valence-electron chi connectivity index (χ1n) is 8.84. The number of fused-ring (bicyclic) bond motifs is 2. The van der Waals surface area contributed by atoms with Gasteiger partial charge < -0.3 is 14.8 Å². The first-order valence-corrected chi connectivity index (χ1v) is 8.84. The highest BCUT2D eigenvalue weighted by Gasteiger charge is 2.33. The molecule has 3 heterocycles. The third-order valence-electron chi connectivity index (χ3n) is 5.17. The summed E-state index contributed by atoms with van der Waals surface area (Å²) in [5.74, 6) is -0.168. The van der Waals surface area contributed by atoms with Crippen LogP contribution in [-0.2, 0) is 4.79 Å². The van der Waals surface area contributed by atoms with Gasteiger partial charge in [0.1, 0.15) is 5.69 Å². The van der Waals surface area contributed by atoms with Crippen molar-refractivity contribution in [2.45, 2.75) is 0 Å². The highest BCUT2D eigenvalue weighted by atomic mass is 16.2. The van der Waals surface area contributed by atoms with Crippen LogP contribution < -0.4 is 9.80 Å². The lowest BCUT2D eigenvalue weighted by Gasteiger charge is -2.33. The summed E-state index contributed by atoms with van der Waals surface area (Å²) in [4.78, 5) is 36.8. The number of H-pyrrole nitrogens is 1. The molecule has 7 heteroatoms. The highest BCUT2D eigenvalue weighted by molar-refractivity contribution is 6.18. The van der Waals surface area contributed by atoms with Crippen molar-refractivity contribution < 1.29 is 9.59 Å². The van der Waals surface area contributed by atoms with Crippen LogP contribution in [0.1, 0.15) is 10.5 Å². The molecule has 0 saturated carbocycles. The minimum absolute atomic E-state index is 0.0223. The Morgan fingerprint density at radius 3 is 2.42 bits per heavy atom. The molecule has 1 fully saturated rings. The van der Waals surface area contributed by atoms with Crippen molar-refractivity contribution in [2.75, 3.05) is 56.6 Å². The molecule has 2 aliphatic rings. The van der Waals surface area contributed by atoms with Gasteiger partial charge in [0.2, 0.25) is 5.91 Å². The normalized spacial score (nSPS) is 18.5. The smallest absolute Gasteiger partial charge is 0.276 e. The minimum atomic E-state index is -0.146. The highest BCUT2D eigenvalue weighted by Crippen LogP contribution is 2.39. The second-order valence-electron chi connectivity index (χ2n) is 6.90. The number of hydrogen-bond acceptors (Lipinski definition) is 4. The summed E-state index contributed by atoms with van der Waals surface area (Å²) in [5.41, 5.74) is 2.52. The molecule has 7 nitrogen and oxygen atoms in total. The lowest BCUT2D eigenvalue weighted by atomic mass is 10.2. The van der Waals surface area contributed by atoms with E-state index >= 15 is 0 Å². The Morgan fingerprint density at radius 2 is 1.69 bits per heavy atom. The average Bonchev–Trinajstić information content (AvgIpc) is 3.09. The van der Waals surface area contributed by atoms with E-state index in [1.165, 1.54) is 0 Å². The molecular weight excluding hydrogens is 330 g/mol. The van der Waals surface area contributed by atoms with Gasteiger partial charge in [-0.3, -0.25) is 19.4 Å². The van der Waals surface area contributed by atoms with Gasteiger partial charge in [0.15, 0.2) is 0 Å². The number of rotatable bonds is 2. The van der Waals surface area contributed by atoms with Gasteiger partial charge in [-0.2, -0.15) is 0 Å². The number of piperazine rings is 1. The van der Waals surface area contributed by atoms with Gasteiger partial charge in [0.25, 0.3) is 5.91 Å². The summed E-state index contributed by atoms with van der Waals surface area (Å²) in [6, 6.07) is 9.33. The number of anilines is 3. The molecule has 0 spiro atoms. The zero-order valence-corrected chi connectivity index (χ0v) is 15.1. The van der Waals surface area contributed by atoms with Crippen molar-refractivity contribution in [3.63, 3.8) is 0 Å². The maximum absolute atomic E-state index is 13.3. The van der Waals surface area contributed by atoms with E-state index in [0.717, 1.165) is 37.6 Å². The van der Waals surface area contributed by atoms with Crippen molar-refractivity contribution in [2.24, 2.45) is 0 Å². The SMILES string of the molecule is CN1CCN(CC(=O)N2c3ccccc3N(C)C(=O)c3[nH]ccc32)CC1. The topological polar surface area (TPSA) is 62.9 Å². The van der Waals surface area contributed by atoms with Crippen LogP contribution in [0.3, 0.4) is 0 Å². The Morgan fingerprint density at radius 1 is 1.00 bits per heavy atom. The molecule has 1 N–H and O–H groups in total. The first kappa shape index (κ1) is 16.8. The van der Waals surface area contributed by atoms with Crippen LogP contribution in [0.5, 0.6) is 0 Å². The van der Waals surface area contributed by atoms with Gasteiger partial charge in [0, 0.05) is 39.4 Å². The van der Waals surface area contributed by atoms with E-state index < -0.39 is 0 Å². The van der Waals surface area contributed by atoms with E-state index in [9.17, 15) is 9.59 Å². The fourth-order valence-corrected chi connectivity index (χ4v) is 3.60. The summed E-state index contributed by atoms with van der Waals surface area (Å²) >= 11 is 0. The van der Waals surface area contributed by atoms with Crippen LogP contribution in [0.2, 0.25) is 0 Å². The van der Waals surface area contributed by atoms with Gasteiger partial charge >= 0.3 is 0 Å². The van der Waals surface area contributed by atoms with Crippen molar-refractivity contribution in [1.29, 1.82) is 0 Å². The number of likely N-dealkylation sites (N-methyl/N-ethyl adjacent to an activating group) is 1. The number of para-hydroxylation sites is 2. The van der Waals surface area contributed by atoms with Crippen LogP contribution >= 0.6 is 0 Å². The van der Waals surface area contributed by atoms with Crippen LogP contribution in [-0.4, -0.2) is 73.4 Å². The van der Waals surface area contributed by atoms with E-state index in [-0.39, 0.29) is 11.8 Å². The maximum atomic E-state index is 13.3. The molecule has 2 amide bonds. The molecule has 0 aliphatic carbocycles. The standard InChI is InChI=1S/C19H23N5O2/c1-21-9-11-23(12-10-21)13-17(25)24-15-6-4-3-5-14(15)22(2)19(26)18-16(24)7-8-20-18/h3-8,20H,9-13H2,1-2H3. The van der Waals surface area contributed by atoms with Gasteiger partial charge in [-0.15, -0.1) is 0 Å². The van der Waals surface area contributed by atoms with Crippen LogP contribution in [0.15, 0.2) is 36.5 Å². The summed E-state index contributed by atoms with van der Waals surface area (Å²) in [6.45, 7) is 4.00. The second kappa shape index (κ2) is 6.59. The van der Waals surface area contributed by atoms with E-state index in [0.29, 0.717) is 17.9 Å². The molecular formula is C19H23N5O2. The molecule has 4 rings (SSSR count). The average molecular weight is 353 g/mol. The van der Waals surface area contributed by atoms with Crippen LogP contribution in [0, 0.1) is 0 Å². The Balaban J connectivity index is 1.71. The third kappa shape index (κ3) is 2.79. The number of carbonyl (C=O) groups excluding carboxylic acids is 2. The Kier molecular flexibility index (Phi) is 4.26. The number of benzene rings is 1. The Bertz CT molecular complexity index is 838. The zero-order valence-electron chi connectivity index (χ0n) is 15.1. The predicted octanol–water partition coefficient (Wildman–Crippen LogP) is 1.52. The third-order valence-corrected chi connectivity index (χ3v) is 5.17. The molecule has 0 bridgehead atoms. The van der Waals surface area contributed by atoms with E-state index in [1.807, 2.05) is 24.3 Å². The maximum Gasteiger partial charge on any atom is 0.276 e. The van der Waals surface area contributed by atoms with Gasteiger partial charge in [-0.05, 0) is 25.2 Å². The lowest BCUT2D eigenvalue weighted by Crippen LogP contribution is -2.48. The van der Waals surface area contributed by atoms with Crippen LogP contribution in [0.4, 0.5) is 17.1 Å². The van der Waals surface area contributed by atoms with Gasteiger partial charge in [0.05, 0.1) is 23.6 Å². The van der Waals surface area contributed by atoms with Gasteiger partial charge in [-0.25, -0.2) is 0 Å². The van der Waals surface area contributed by atoms with E-state index in [4.69, 9.17) is 0 Å². The number of nitrogens with zero attached hydrogens (tertiary/aromatic N) is 4. The van der Waals surface area contributed by atoms with Crippen molar-refractivity contribution in [1.82, 2.24) is 14.8 Å². The predicted molar refractivity (Wildman–Crippen MR) is 101 cm³/mol. The molecule has 0 atom stereocenters. The number of aromatic nitrogens is 1. The summed E-state index contributed by atoms with van der Waals surface area (Å²) < 4.78 is 0. The number of nitrogens with one attached hydrogen (secondary N) is 1. The minimum Gasteiger partial charge on any atom is -0.355 e. The zero-order chi connectivity index (χ0) is 18.3. The molecule has 26 heavy (non-hydrogen) atoms. The van der Waals surface area contributed by atoms with Crippen molar-refractivity contribution in [3.05, 3.63) is 42.2 Å². The monoisotopic (exact) mass is 353 g/mol. The molecule has 0 unspecified atom stereocenters. The summed E-state index contributed by atoms with van der Waals surface area (Å²) in [7, 11) is 3.83. The van der Waals surface area contributed by atoms with Crippen molar-refractivity contribution >= 4 is 28.9 Å². The van der Waals surface area contributed by atoms with Crippen molar-refractivity contribution in [3.8, 4) is 0 Å². The largest absolute Gasteiger partial charge is 0.355 e. The molecule has 1 saturated heterocycles. The fraction of sp³-hybridized carbons (Fsp3) is 0.368. The molecule has 136 valence electrons.